The molecule has 158 valence electrons. The van der Waals surface area contributed by atoms with Gasteiger partial charge in [-0.3, -0.25) is 9.69 Å². The van der Waals surface area contributed by atoms with E-state index in [1.807, 2.05) is 48.5 Å². The summed E-state index contributed by atoms with van der Waals surface area (Å²) in [6.07, 6.45) is 0.486. The Hall–Kier alpha value is -4.06. The highest BCUT2D eigenvalue weighted by atomic mass is 16.5. The number of carbonyl (C=O) groups excluding carboxylic acids is 2. The van der Waals surface area contributed by atoms with Gasteiger partial charge < -0.3 is 9.72 Å². The third-order valence-electron chi connectivity index (χ3n) is 6.50. The number of methoxy groups -OCH3 is 1. The number of carbonyl (C=O) groups is 2. The van der Waals surface area contributed by atoms with E-state index < -0.39 is 6.04 Å². The molecule has 6 nitrogen and oxygen atoms in total. The van der Waals surface area contributed by atoms with Crippen LogP contribution in [0.5, 0.6) is 5.75 Å². The highest BCUT2D eigenvalue weighted by Crippen LogP contribution is 2.44. The number of para-hydroxylation sites is 1. The van der Waals surface area contributed by atoms with E-state index >= 15 is 0 Å². The quantitative estimate of drug-likeness (QED) is 0.488. The number of H-pyrrole nitrogens is 1. The molecule has 2 unspecified atom stereocenters. The summed E-state index contributed by atoms with van der Waals surface area (Å²) in [5.74, 6) is 0.478. The minimum absolute atomic E-state index is 0.197. The lowest BCUT2D eigenvalue weighted by atomic mass is 9.89. The molecule has 0 saturated carbocycles. The Bertz CT molecular complexity index is 1340. The first-order valence-electron chi connectivity index (χ1n) is 10.6. The highest BCUT2D eigenvalue weighted by Gasteiger charge is 2.53. The van der Waals surface area contributed by atoms with Gasteiger partial charge in [-0.2, -0.15) is 0 Å². The third kappa shape index (κ3) is 2.59. The fourth-order valence-electron chi connectivity index (χ4n) is 5.03. The average Bonchev–Trinajstić information content (AvgIpc) is 3.33. The largest absolute Gasteiger partial charge is 0.497 e. The second-order valence-electron chi connectivity index (χ2n) is 8.16. The first-order valence-corrected chi connectivity index (χ1v) is 10.6. The summed E-state index contributed by atoms with van der Waals surface area (Å²) in [4.78, 5) is 33.8. The standard InChI is InChI=1S/C26H21N3O3/c1-32-18-13-11-17(12-14-18)28-25(30)22-15-20-19-9-5-6-10-21(19)27-23(20)24(29(22)26(28)31)16-7-3-2-4-8-16/h2-14,22,24,27H,15H2,1H3. The van der Waals surface area contributed by atoms with Crippen LogP contribution >= 0.6 is 0 Å². The third-order valence-corrected chi connectivity index (χ3v) is 6.50. The van der Waals surface area contributed by atoms with Gasteiger partial charge in [-0.1, -0.05) is 48.5 Å². The van der Waals surface area contributed by atoms with Gasteiger partial charge >= 0.3 is 6.03 Å². The molecule has 2 aliphatic heterocycles. The molecule has 2 atom stereocenters. The van der Waals surface area contributed by atoms with Crippen LogP contribution in [0.4, 0.5) is 10.5 Å². The van der Waals surface area contributed by atoms with Crippen molar-refractivity contribution in [3.8, 4) is 5.75 Å². The summed E-state index contributed by atoms with van der Waals surface area (Å²) in [5, 5.41) is 1.10. The first kappa shape index (κ1) is 18.7. The number of nitrogens with one attached hydrogen (secondary N) is 1. The van der Waals surface area contributed by atoms with Crippen LogP contribution in [0.2, 0.25) is 0 Å². The maximum atomic E-state index is 13.7. The van der Waals surface area contributed by atoms with Gasteiger partial charge in [0, 0.05) is 23.0 Å². The molecule has 3 heterocycles. The van der Waals surface area contributed by atoms with Crippen LogP contribution in [0.1, 0.15) is 22.9 Å². The van der Waals surface area contributed by atoms with E-state index in [0.29, 0.717) is 17.9 Å². The van der Waals surface area contributed by atoms with Crippen LogP contribution in [0.15, 0.2) is 78.9 Å². The van der Waals surface area contributed by atoms with Gasteiger partial charge in [0.2, 0.25) is 0 Å². The number of rotatable bonds is 3. The van der Waals surface area contributed by atoms with Crippen LogP contribution in [0.3, 0.4) is 0 Å². The van der Waals surface area contributed by atoms with E-state index in [4.69, 9.17) is 4.74 Å². The smallest absolute Gasteiger partial charge is 0.332 e. The van der Waals surface area contributed by atoms with Crippen molar-refractivity contribution in [1.82, 2.24) is 9.88 Å². The van der Waals surface area contributed by atoms with E-state index in [2.05, 4.69) is 11.1 Å². The second-order valence-corrected chi connectivity index (χ2v) is 8.16. The van der Waals surface area contributed by atoms with Crippen molar-refractivity contribution in [3.63, 3.8) is 0 Å². The zero-order chi connectivity index (χ0) is 21.8. The number of nitrogens with zero attached hydrogens (tertiary/aromatic N) is 2. The molecule has 6 rings (SSSR count). The van der Waals surface area contributed by atoms with Gasteiger partial charge in [-0.05, 0) is 41.5 Å². The minimum Gasteiger partial charge on any atom is -0.497 e. The average molecular weight is 423 g/mol. The van der Waals surface area contributed by atoms with Crippen molar-refractivity contribution in [2.45, 2.75) is 18.5 Å². The fourth-order valence-corrected chi connectivity index (χ4v) is 5.03. The number of aromatic amines is 1. The lowest BCUT2D eigenvalue weighted by Crippen LogP contribution is -2.44. The molecule has 2 aliphatic rings. The summed E-state index contributed by atoms with van der Waals surface area (Å²) >= 11 is 0. The summed E-state index contributed by atoms with van der Waals surface area (Å²) in [6, 6.07) is 23.8. The molecule has 0 aliphatic carbocycles. The molecule has 3 aromatic carbocycles. The number of imide groups is 1. The van der Waals surface area contributed by atoms with Crippen LogP contribution in [-0.2, 0) is 11.2 Å². The number of hydrogen-bond donors (Lipinski definition) is 1. The molecule has 1 aromatic heterocycles. The number of hydrogen-bond acceptors (Lipinski definition) is 3. The number of amides is 3. The molecule has 0 bridgehead atoms. The van der Waals surface area contributed by atoms with E-state index in [9.17, 15) is 9.59 Å². The monoisotopic (exact) mass is 423 g/mol. The number of fused-ring (bicyclic) bond motifs is 4. The zero-order valence-corrected chi connectivity index (χ0v) is 17.5. The lowest BCUT2D eigenvalue weighted by Gasteiger charge is -2.36. The Morgan fingerprint density at radius 1 is 0.906 bits per heavy atom. The van der Waals surface area contributed by atoms with Crippen molar-refractivity contribution in [2.24, 2.45) is 0 Å². The fraction of sp³-hybridized carbons (Fsp3) is 0.154. The van der Waals surface area contributed by atoms with Gasteiger partial charge in [-0.15, -0.1) is 0 Å². The summed E-state index contributed by atoms with van der Waals surface area (Å²) in [6.45, 7) is 0. The second kappa shape index (κ2) is 6.99. The maximum absolute atomic E-state index is 13.7. The van der Waals surface area contributed by atoms with E-state index in [0.717, 1.165) is 27.7 Å². The van der Waals surface area contributed by atoms with E-state index in [-0.39, 0.29) is 18.0 Å². The van der Waals surface area contributed by atoms with E-state index in [1.54, 1.807) is 36.3 Å². The molecule has 1 saturated heterocycles. The lowest BCUT2D eigenvalue weighted by molar-refractivity contribution is -0.120. The maximum Gasteiger partial charge on any atom is 0.332 e. The van der Waals surface area contributed by atoms with Crippen molar-refractivity contribution < 1.29 is 14.3 Å². The molecule has 4 aromatic rings. The normalized spacial score (nSPS) is 19.9. The Morgan fingerprint density at radius 2 is 1.62 bits per heavy atom. The SMILES string of the molecule is COc1ccc(N2C(=O)C3Cc4c([nH]c5ccccc45)C(c4ccccc4)N3C2=O)cc1. The summed E-state index contributed by atoms with van der Waals surface area (Å²) in [7, 11) is 1.59. The Labute approximate surface area is 185 Å². The predicted octanol–water partition coefficient (Wildman–Crippen LogP) is 4.66. The number of anilines is 1. The molecule has 32 heavy (non-hydrogen) atoms. The van der Waals surface area contributed by atoms with Crippen LogP contribution in [0.25, 0.3) is 10.9 Å². The predicted molar refractivity (Wildman–Crippen MR) is 122 cm³/mol. The molecule has 6 heteroatoms. The van der Waals surface area contributed by atoms with Gasteiger partial charge in [0.1, 0.15) is 17.8 Å². The van der Waals surface area contributed by atoms with Crippen LogP contribution in [0, 0.1) is 0 Å². The van der Waals surface area contributed by atoms with Gasteiger partial charge in [0.15, 0.2) is 0 Å². The number of urea groups is 1. The van der Waals surface area contributed by atoms with Crippen LogP contribution in [-0.4, -0.2) is 35.0 Å². The highest BCUT2D eigenvalue weighted by molar-refractivity contribution is 6.22. The first-order chi connectivity index (χ1) is 15.7. The number of ether oxygens (including phenoxy) is 1. The molecular weight excluding hydrogens is 402 g/mol. The Morgan fingerprint density at radius 3 is 2.38 bits per heavy atom. The Balaban J connectivity index is 1.51. The molecule has 3 amide bonds. The molecule has 1 N–H and O–H groups in total. The van der Waals surface area contributed by atoms with Gasteiger partial charge in [0.05, 0.1) is 12.8 Å². The van der Waals surface area contributed by atoms with E-state index in [1.165, 1.54) is 4.90 Å². The number of aromatic nitrogens is 1. The summed E-state index contributed by atoms with van der Waals surface area (Å²) < 4.78 is 5.22. The van der Waals surface area contributed by atoms with Gasteiger partial charge in [-0.25, -0.2) is 9.69 Å². The Kier molecular flexibility index (Phi) is 4.08. The summed E-state index contributed by atoms with van der Waals surface area (Å²) in [5.41, 5.74) is 4.63. The van der Waals surface area contributed by atoms with Crippen molar-refractivity contribution in [2.75, 3.05) is 12.0 Å². The topological polar surface area (TPSA) is 65.6 Å². The molecule has 0 radical (unpaired) electrons. The molecule has 0 spiro atoms. The molecular formula is C26H21N3O3. The number of benzene rings is 3. The van der Waals surface area contributed by atoms with Crippen molar-refractivity contribution in [1.29, 1.82) is 0 Å². The zero-order valence-electron chi connectivity index (χ0n) is 17.5. The molecule has 1 fully saturated rings. The van der Waals surface area contributed by atoms with Crippen molar-refractivity contribution in [3.05, 3.63) is 95.7 Å². The van der Waals surface area contributed by atoms with Gasteiger partial charge in [0.25, 0.3) is 5.91 Å². The van der Waals surface area contributed by atoms with Crippen LogP contribution < -0.4 is 9.64 Å². The van der Waals surface area contributed by atoms with Crippen molar-refractivity contribution >= 4 is 28.5 Å². The minimum atomic E-state index is -0.554.